The highest BCUT2D eigenvalue weighted by molar-refractivity contribution is 8.00. The maximum absolute atomic E-state index is 5.76. The molecular weight excluding hydrogens is 282 g/mol. The number of hydrogen-bond donors (Lipinski definition) is 2. The molecule has 1 saturated heterocycles. The molecule has 5 heteroatoms. The zero-order chi connectivity index (χ0) is 14.9. The number of ether oxygens (including phenoxy) is 1. The fraction of sp³-hybridized carbons (Fsp3) is 0.562. The van der Waals surface area contributed by atoms with Crippen molar-refractivity contribution < 1.29 is 4.74 Å². The summed E-state index contributed by atoms with van der Waals surface area (Å²) >= 11 is 2.05. The van der Waals surface area contributed by atoms with E-state index < -0.39 is 0 Å². The van der Waals surface area contributed by atoms with Crippen LogP contribution in [0.4, 0.5) is 0 Å². The number of para-hydroxylation sites is 1. The third kappa shape index (κ3) is 5.50. The highest BCUT2D eigenvalue weighted by atomic mass is 32.2. The van der Waals surface area contributed by atoms with Gasteiger partial charge in [0.05, 0.1) is 6.54 Å². The molecule has 1 unspecified atom stereocenters. The maximum atomic E-state index is 5.76. The molecular formula is C16H25N3OS. The number of nitrogens with zero attached hydrogens (tertiary/aromatic N) is 1. The lowest BCUT2D eigenvalue weighted by molar-refractivity contribution is 0.320. The van der Waals surface area contributed by atoms with Crippen molar-refractivity contribution in [1.82, 2.24) is 10.6 Å². The fourth-order valence-electron chi connectivity index (χ4n) is 2.29. The van der Waals surface area contributed by atoms with Gasteiger partial charge in [-0.2, -0.15) is 11.8 Å². The van der Waals surface area contributed by atoms with Crippen molar-refractivity contribution in [2.24, 2.45) is 4.99 Å². The van der Waals surface area contributed by atoms with E-state index in [2.05, 4.69) is 40.4 Å². The van der Waals surface area contributed by atoms with Gasteiger partial charge in [-0.3, -0.25) is 4.99 Å². The number of nitrogens with one attached hydrogen (secondary N) is 2. The Bertz CT molecular complexity index is 459. The summed E-state index contributed by atoms with van der Waals surface area (Å²) in [5.74, 6) is 3.10. The average molecular weight is 307 g/mol. The Morgan fingerprint density at radius 2 is 2.24 bits per heavy atom. The molecule has 0 radical (unpaired) electrons. The standard InChI is InChI=1S/C16H25N3OS/c1-13-6-3-4-8-15(13)20-10-9-18-16(17-2)19-12-14-7-5-11-21-14/h3-4,6,8,14H,5,7,9-12H2,1-2H3,(H2,17,18,19). The summed E-state index contributed by atoms with van der Waals surface area (Å²) in [7, 11) is 1.80. The predicted octanol–water partition coefficient (Wildman–Crippen LogP) is 2.43. The second kappa shape index (κ2) is 8.82. The second-order valence-electron chi connectivity index (χ2n) is 5.13. The van der Waals surface area contributed by atoms with Crippen LogP contribution < -0.4 is 15.4 Å². The van der Waals surface area contributed by atoms with Crippen molar-refractivity contribution in [3.63, 3.8) is 0 Å². The van der Waals surface area contributed by atoms with E-state index in [9.17, 15) is 0 Å². The van der Waals surface area contributed by atoms with Gasteiger partial charge in [0.15, 0.2) is 5.96 Å². The zero-order valence-corrected chi connectivity index (χ0v) is 13.7. The van der Waals surface area contributed by atoms with Crippen LogP contribution in [0.15, 0.2) is 29.3 Å². The van der Waals surface area contributed by atoms with E-state index in [1.54, 1.807) is 7.05 Å². The Hall–Kier alpha value is -1.36. The minimum absolute atomic E-state index is 0.629. The average Bonchev–Trinajstić information content (AvgIpc) is 3.01. The Balaban J connectivity index is 1.63. The summed E-state index contributed by atoms with van der Waals surface area (Å²) in [5, 5.41) is 7.40. The summed E-state index contributed by atoms with van der Waals surface area (Å²) in [6, 6.07) is 8.07. The topological polar surface area (TPSA) is 45.7 Å². The molecule has 1 aliphatic rings. The molecule has 0 aliphatic carbocycles. The largest absolute Gasteiger partial charge is 0.491 e. The van der Waals surface area contributed by atoms with E-state index in [1.165, 1.54) is 24.2 Å². The fourth-order valence-corrected chi connectivity index (χ4v) is 3.49. The van der Waals surface area contributed by atoms with Crippen LogP contribution in [-0.2, 0) is 0 Å². The van der Waals surface area contributed by atoms with Crippen molar-refractivity contribution in [2.75, 3.05) is 32.5 Å². The molecule has 2 N–H and O–H groups in total. The molecule has 0 spiro atoms. The molecule has 1 fully saturated rings. The van der Waals surface area contributed by atoms with Crippen molar-refractivity contribution in [1.29, 1.82) is 0 Å². The van der Waals surface area contributed by atoms with Crippen molar-refractivity contribution >= 4 is 17.7 Å². The number of aliphatic imine (C=N–C) groups is 1. The lowest BCUT2D eigenvalue weighted by Gasteiger charge is -2.15. The normalized spacial score (nSPS) is 18.6. The van der Waals surface area contributed by atoms with Gasteiger partial charge in [0, 0.05) is 18.8 Å². The van der Waals surface area contributed by atoms with Gasteiger partial charge in [0.1, 0.15) is 12.4 Å². The van der Waals surface area contributed by atoms with E-state index >= 15 is 0 Å². The first kappa shape index (κ1) is 16.0. The van der Waals surface area contributed by atoms with E-state index in [1.807, 2.05) is 18.2 Å². The molecule has 1 aromatic carbocycles. The van der Waals surface area contributed by atoms with Crippen molar-refractivity contribution in [2.45, 2.75) is 25.0 Å². The summed E-state index contributed by atoms with van der Waals surface area (Å²) < 4.78 is 5.76. The van der Waals surface area contributed by atoms with E-state index in [-0.39, 0.29) is 0 Å². The molecule has 1 heterocycles. The molecule has 0 saturated carbocycles. The monoisotopic (exact) mass is 307 g/mol. The molecule has 0 bridgehead atoms. The second-order valence-corrected chi connectivity index (χ2v) is 6.54. The first-order valence-electron chi connectivity index (χ1n) is 7.54. The van der Waals surface area contributed by atoms with Crippen LogP contribution in [-0.4, -0.2) is 43.7 Å². The van der Waals surface area contributed by atoms with Gasteiger partial charge in [0.25, 0.3) is 0 Å². The highest BCUT2D eigenvalue weighted by Crippen LogP contribution is 2.25. The maximum Gasteiger partial charge on any atom is 0.191 e. The highest BCUT2D eigenvalue weighted by Gasteiger charge is 2.15. The van der Waals surface area contributed by atoms with Crippen LogP contribution in [0.1, 0.15) is 18.4 Å². The predicted molar refractivity (Wildman–Crippen MR) is 91.5 cm³/mol. The van der Waals surface area contributed by atoms with Gasteiger partial charge in [-0.25, -0.2) is 0 Å². The Morgan fingerprint density at radius 3 is 2.95 bits per heavy atom. The van der Waals surface area contributed by atoms with Gasteiger partial charge >= 0.3 is 0 Å². The Kier molecular flexibility index (Phi) is 6.73. The first-order valence-corrected chi connectivity index (χ1v) is 8.59. The Morgan fingerprint density at radius 1 is 1.38 bits per heavy atom. The van der Waals surface area contributed by atoms with Crippen LogP contribution in [0.2, 0.25) is 0 Å². The van der Waals surface area contributed by atoms with Crippen LogP contribution in [0, 0.1) is 6.92 Å². The molecule has 0 aromatic heterocycles. The summed E-state index contributed by atoms with van der Waals surface area (Å²) in [5.41, 5.74) is 1.17. The molecule has 0 amide bonds. The van der Waals surface area contributed by atoms with Gasteiger partial charge in [0.2, 0.25) is 0 Å². The SMILES string of the molecule is CN=C(NCCOc1ccccc1C)NCC1CCCS1. The summed E-state index contributed by atoms with van der Waals surface area (Å²) in [6.45, 7) is 4.42. The lowest BCUT2D eigenvalue weighted by Crippen LogP contribution is -2.41. The molecule has 2 rings (SSSR count). The lowest BCUT2D eigenvalue weighted by atomic mass is 10.2. The molecule has 4 nitrogen and oxygen atoms in total. The number of thioether (sulfide) groups is 1. The molecule has 1 aromatic rings. The van der Waals surface area contributed by atoms with Gasteiger partial charge < -0.3 is 15.4 Å². The number of benzene rings is 1. The number of rotatable bonds is 6. The van der Waals surface area contributed by atoms with Crippen molar-refractivity contribution in [3.05, 3.63) is 29.8 Å². The van der Waals surface area contributed by atoms with Crippen LogP contribution in [0.3, 0.4) is 0 Å². The Labute approximate surface area is 131 Å². The molecule has 1 atom stereocenters. The quantitative estimate of drug-likeness (QED) is 0.481. The van der Waals surface area contributed by atoms with Crippen molar-refractivity contribution in [3.8, 4) is 5.75 Å². The third-order valence-corrected chi connectivity index (χ3v) is 4.89. The van der Waals surface area contributed by atoms with E-state index in [0.29, 0.717) is 6.61 Å². The summed E-state index contributed by atoms with van der Waals surface area (Å²) in [4.78, 5) is 4.24. The van der Waals surface area contributed by atoms with Crippen LogP contribution in [0.25, 0.3) is 0 Å². The molecule has 1 aliphatic heterocycles. The molecule has 116 valence electrons. The van der Waals surface area contributed by atoms with Gasteiger partial charge in [-0.1, -0.05) is 18.2 Å². The number of guanidine groups is 1. The minimum Gasteiger partial charge on any atom is -0.491 e. The van der Waals surface area contributed by atoms with Crippen LogP contribution in [0.5, 0.6) is 5.75 Å². The zero-order valence-electron chi connectivity index (χ0n) is 12.9. The third-order valence-electron chi connectivity index (χ3n) is 3.49. The number of aryl methyl sites for hydroxylation is 1. The van der Waals surface area contributed by atoms with Gasteiger partial charge in [-0.15, -0.1) is 0 Å². The number of hydrogen-bond acceptors (Lipinski definition) is 3. The minimum atomic E-state index is 0.629. The molecule has 21 heavy (non-hydrogen) atoms. The van der Waals surface area contributed by atoms with E-state index in [4.69, 9.17) is 4.74 Å². The van der Waals surface area contributed by atoms with Gasteiger partial charge in [-0.05, 0) is 37.1 Å². The first-order chi connectivity index (χ1) is 10.3. The van der Waals surface area contributed by atoms with E-state index in [0.717, 1.165) is 30.0 Å². The smallest absolute Gasteiger partial charge is 0.191 e. The van der Waals surface area contributed by atoms with Crippen LogP contribution >= 0.6 is 11.8 Å². The summed E-state index contributed by atoms with van der Waals surface area (Å²) in [6.07, 6.45) is 2.65.